The van der Waals surface area contributed by atoms with Crippen LogP contribution in [0, 0.1) is 12.8 Å². The molecule has 154 valence electrons. The predicted octanol–water partition coefficient (Wildman–Crippen LogP) is 3.03. The fourth-order valence-corrected chi connectivity index (χ4v) is 3.66. The predicted molar refractivity (Wildman–Crippen MR) is 113 cm³/mol. The summed E-state index contributed by atoms with van der Waals surface area (Å²) in [7, 11) is 0. The molecule has 0 aliphatic carbocycles. The zero-order valence-corrected chi connectivity index (χ0v) is 17.5. The lowest BCUT2D eigenvalue weighted by atomic mass is 10.0. The van der Waals surface area contributed by atoms with Crippen LogP contribution in [-0.4, -0.2) is 35.5 Å². The normalized spacial score (nSPS) is 16.1. The zero-order chi connectivity index (χ0) is 21.0. The molecular weight excluding hydrogens is 366 g/mol. The highest BCUT2D eigenvalue weighted by Crippen LogP contribution is 2.33. The molecule has 0 saturated carbocycles. The molecule has 2 N–H and O–H groups in total. The van der Waals surface area contributed by atoms with E-state index in [1.165, 1.54) is 6.92 Å². The van der Waals surface area contributed by atoms with E-state index in [1.54, 1.807) is 6.20 Å². The van der Waals surface area contributed by atoms with Crippen molar-refractivity contribution < 1.29 is 14.3 Å². The van der Waals surface area contributed by atoms with Crippen LogP contribution in [0.25, 0.3) is 11.3 Å². The smallest absolute Gasteiger partial charge is 0.242 e. The van der Waals surface area contributed by atoms with Crippen LogP contribution in [0.5, 0.6) is 5.75 Å². The molecule has 1 aromatic carbocycles. The first kappa shape index (κ1) is 20.8. The molecule has 0 radical (unpaired) electrons. The van der Waals surface area contributed by atoms with Crippen LogP contribution >= 0.6 is 0 Å². The number of aromatic nitrogens is 1. The second-order valence-corrected chi connectivity index (χ2v) is 8.06. The van der Waals surface area contributed by atoms with Gasteiger partial charge in [-0.15, -0.1) is 0 Å². The molecule has 6 nitrogen and oxygen atoms in total. The summed E-state index contributed by atoms with van der Waals surface area (Å²) in [4.78, 5) is 28.4. The number of carbonyl (C=O) groups excluding carboxylic acids is 2. The van der Waals surface area contributed by atoms with Crippen molar-refractivity contribution in [3.05, 3.63) is 47.7 Å². The molecule has 2 aromatic rings. The summed E-state index contributed by atoms with van der Waals surface area (Å²) >= 11 is 0. The molecule has 3 rings (SSSR count). The second-order valence-electron chi connectivity index (χ2n) is 8.06. The quantitative estimate of drug-likeness (QED) is 0.755. The van der Waals surface area contributed by atoms with Crippen molar-refractivity contribution in [3.8, 4) is 17.0 Å². The van der Waals surface area contributed by atoms with Gasteiger partial charge in [-0.05, 0) is 54.7 Å². The minimum Gasteiger partial charge on any atom is -0.488 e. The average molecular weight is 396 g/mol. The maximum atomic E-state index is 12.5. The zero-order valence-electron chi connectivity index (χ0n) is 17.5. The van der Waals surface area contributed by atoms with Gasteiger partial charge in [0.2, 0.25) is 11.8 Å². The van der Waals surface area contributed by atoms with Crippen LogP contribution in [0.1, 0.15) is 38.3 Å². The van der Waals surface area contributed by atoms with Gasteiger partial charge in [-0.25, -0.2) is 0 Å². The second kappa shape index (κ2) is 9.07. The molecule has 6 heteroatoms. The number of ether oxygens (including phenoxy) is 1. The van der Waals surface area contributed by atoms with Crippen LogP contribution < -0.4 is 15.4 Å². The van der Waals surface area contributed by atoms with Gasteiger partial charge in [0.05, 0.1) is 12.2 Å². The molecule has 2 heterocycles. The number of aryl methyl sites for hydroxylation is 1. The summed E-state index contributed by atoms with van der Waals surface area (Å²) in [5, 5.41) is 5.67. The third kappa shape index (κ3) is 5.34. The van der Waals surface area contributed by atoms with Gasteiger partial charge >= 0.3 is 0 Å². The topological polar surface area (TPSA) is 80.3 Å². The monoisotopic (exact) mass is 395 g/mol. The number of nitrogens with zero attached hydrogens (tertiary/aromatic N) is 1. The minimum absolute atomic E-state index is 0.119. The van der Waals surface area contributed by atoms with E-state index in [0.717, 1.165) is 34.6 Å². The highest BCUT2D eigenvalue weighted by molar-refractivity contribution is 5.86. The molecular formula is C23H29N3O3. The van der Waals surface area contributed by atoms with E-state index in [9.17, 15) is 9.59 Å². The lowest BCUT2D eigenvalue weighted by Gasteiger charge is -2.20. The maximum Gasteiger partial charge on any atom is 0.242 e. The Labute approximate surface area is 172 Å². The van der Waals surface area contributed by atoms with Crippen LogP contribution in [0.3, 0.4) is 0 Å². The number of benzene rings is 1. The van der Waals surface area contributed by atoms with Crippen molar-refractivity contribution in [2.75, 3.05) is 6.54 Å². The highest BCUT2D eigenvalue weighted by atomic mass is 16.5. The van der Waals surface area contributed by atoms with Gasteiger partial charge in [0.25, 0.3) is 0 Å². The van der Waals surface area contributed by atoms with Crippen molar-refractivity contribution in [2.45, 2.75) is 52.7 Å². The number of nitrogens with one attached hydrogen (secondary N) is 2. The van der Waals surface area contributed by atoms with E-state index in [1.807, 2.05) is 45.0 Å². The number of hydrogen-bond donors (Lipinski definition) is 2. The third-order valence-electron chi connectivity index (χ3n) is 4.99. The van der Waals surface area contributed by atoms with Gasteiger partial charge in [0, 0.05) is 25.1 Å². The highest BCUT2D eigenvalue weighted by Gasteiger charge is 2.26. The van der Waals surface area contributed by atoms with E-state index in [0.29, 0.717) is 18.9 Å². The molecule has 1 aliphatic rings. The summed E-state index contributed by atoms with van der Waals surface area (Å²) in [5.74, 6) is 0.783. The van der Waals surface area contributed by atoms with Crippen LogP contribution in [0.4, 0.5) is 0 Å². The van der Waals surface area contributed by atoms with Gasteiger partial charge in [0.15, 0.2) is 0 Å². The molecule has 1 aliphatic heterocycles. The Morgan fingerprint density at radius 2 is 2.07 bits per heavy atom. The minimum atomic E-state index is -0.519. The van der Waals surface area contributed by atoms with Crippen LogP contribution in [-0.2, 0) is 16.0 Å². The Morgan fingerprint density at radius 3 is 2.76 bits per heavy atom. The number of rotatable bonds is 7. The van der Waals surface area contributed by atoms with E-state index in [-0.39, 0.29) is 17.9 Å². The van der Waals surface area contributed by atoms with Gasteiger partial charge in [-0.3, -0.25) is 14.6 Å². The molecule has 29 heavy (non-hydrogen) atoms. The van der Waals surface area contributed by atoms with E-state index < -0.39 is 6.04 Å². The summed E-state index contributed by atoms with van der Waals surface area (Å²) in [6, 6.07) is 9.57. The summed E-state index contributed by atoms with van der Waals surface area (Å²) in [6.45, 7) is 7.93. The third-order valence-corrected chi connectivity index (χ3v) is 4.99. The maximum absolute atomic E-state index is 12.5. The summed E-state index contributed by atoms with van der Waals surface area (Å²) < 4.78 is 6.00. The van der Waals surface area contributed by atoms with Gasteiger partial charge < -0.3 is 15.4 Å². The number of carbonyl (C=O) groups is 2. The molecule has 0 saturated heterocycles. The molecule has 0 bridgehead atoms. The first-order valence-corrected chi connectivity index (χ1v) is 10.1. The Bertz CT molecular complexity index is 895. The Hall–Kier alpha value is -2.89. The largest absolute Gasteiger partial charge is 0.488 e. The standard InChI is InChI=1S/C23H29N3O3/c1-14(2)10-20(26-16(4)27)23(28)25-13-19-12-18-11-17(7-8-21(18)29-19)22-15(3)6-5-9-24-22/h5-9,11,14,19-20H,10,12-13H2,1-4H3,(H,25,28)(H,26,27)/t19?,20-/m0/s1. The van der Waals surface area contributed by atoms with Crippen molar-refractivity contribution >= 4 is 11.8 Å². The average Bonchev–Trinajstić information content (AvgIpc) is 3.07. The molecule has 0 spiro atoms. The van der Waals surface area contributed by atoms with E-state index >= 15 is 0 Å². The van der Waals surface area contributed by atoms with Crippen LogP contribution in [0.2, 0.25) is 0 Å². The molecule has 2 atom stereocenters. The lowest BCUT2D eigenvalue weighted by molar-refractivity contribution is -0.128. The number of hydrogen-bond acceptors (Lipinski definition) is 4. The Morgan fingerprint density at radius 1 is 1.28 bits per heavy atom. The SMILES string of the molecule is CC(=O)N[C@@H](CC(C)C)C(=O)NCC1Cc2cc(-c3ncccc3C)ccc2O1. The van der Waals surface area contributed by atoms with Gasteiger partial charge in [-0.2, -0.15) is 0 Å². The van der Waals surface area contributed by atoms with Gasteiger partial charge in [-0.1, -0.05) is 19.9 Å². The summed E-state index contributed by atoms with van der Waals surface area (Å²) in [5.41, 5.74) is 4.29. The molecule has 1 unspecified atom stereocenters. The first-order chi connectivity index (χ1) is 13.8. The molecule has 1 aromatic heterocycles. The van der Waals surface area contributed by atoms with Crippen LogP contribution in [0.15, 0.2) is 36.5 Å². The molecule has 2 amide bonds. The van der Waals surface area contributed by atoms with Crippen molar-refractivity contribution in [2.24, 2.45) is 5.92 Å². The van der Waals surface area contributed by atoms with E-state index in [2.05, 4.69) is 21.7 Å². The number of fused-ring (bicyclic) bond motifs is 1. The van der Waals surface area contributed by atoms with Crippen molar-refractivity contribution in [1.82, 2.24) is 15.6 Å². The first-order valence-electron chi connectivity index (χ1n) is 10.1. The summed E-state index contributed by atoms with van der Waals surface area (Å²) in [6.07, 6.45) is 3.01. The Kier molecular flexibility index (Phi) is 6.52. The number of amides is 2. The Balaban J connectivity index is 1.61. The molecule has 0 fully saturated rings. The van der Waals surface area contributed by atoms with Crippen molar-refractivity contribution in [1.29, 1.82) is 0 Å². The van der Waals surface area contributed by atoms with Crippen molar-refractivity contribution in [3.63, 3.8) is 0 Å². The lowest BCUT2D eigenvalue weighted by Crippen LogP contribution is -2.48. The fraction of sp³-hybridized carbons (Fsp3) is 0.435. The fourth-order valence-electron chi connectivity index (χ4n) is 3.66. The van der Waals surface area contributed by atoms with Gasteiger partial charge in [0.1, 0.15) is 17.9 Å². The van der Waals surface area contributed by atoms with E-state index in [4.69, 9.17) is 4.74 Å². The number of pyridine rings is 1.